The average molecular weight is 343 g/mol. The standard InChI is InChI=1S/C10H12Cl2N2O3S2/c1-7(15)13-2-4-14(5-3-13)19(16,17)9-6-8(11)10(12)18-9/h6H,2-5H2,1H3. The van der Waals surface area contributed by atoms with Crippen molar-refractivity contribution in [3.8, 4) is 0 Å². The summed E-state index contributed by atoms with van der Waals surface area (Å²) in [6, 6.07) is 1.36. The molecule has 0 atom stereocenters. The lowest BCUT2D eigenvalue weighted by molar-refractivity contribution is -0.129. The van der Waals surface area contributed by atoms with Gasteiger partial charge in [-0.3, -0.25) is 4.79 Å². The van der Waals surface area contributed by atoms with Crippen LogP contribution in [0.1, 0.15) is 6.92 Å². The normalized spacial score (nSPS) is 17.7. The van der Waals surface area contributed by atoms with Gasteiger partial charge in [0.1, 0.15) is 8.55 Å². The summed E-state index contributed by atoms with van der Waals surface area (Å²) in [5.41, 5.74) is 0. The van der Waals surface area contributed by atoms with E-state index in [1.807, 2.05) is 0 Å². The zero-order valence-electron chi connectivity index (χ0n) is 10.1. The Bertz CT molecular complexity index is 572. The van der Waals surface area contributed by atoms with Gasteiger partial charge in [-0.05, 0) is 6.07 Å². The van der Waals surface area contributed by atoms with Gasteiger partial charge in [-0.25, -0.2) is 8.42 Å². The molecular weight excluding hydrogens is 331 g/mol. The molecule has 0 aromatic carbocycles. The number of carbonyl (C=O) groups excluding carboxylic acids is 1. The fourth-order valence-corrected chi connectivity index (χ4v) is 5.28. The van der Waals surface area contributed by atoms with Gasteiger partial charge >= 0.3 is 0 Å². The lowest BCUT2D eigenvalue weighted by Crippen LogP contribution is -2.49. The molecule has 1 aromatic heterocycles. The summed E-state index contributed by atoms with van der Waals surface area (Å²) in [5, 5.41) is 0.243. The van der Waals surface area contributed by atoms with E-state index in [9.17, 15) is 13.2 Å². The monoisotopic (exact) mass is 342 g/mol. The minimum Gasteiger partial charge on any atom is -0.340 e. The van der Waals surface area contributed by atoms with Crippen molar-refractivity contribution in [1.29, 1.82) is 0 Å². The summed E-state index contributed by atoms with van der Waals surface area (Å²) in [7, 11) is -3.57. The molecule has 0 N–H and O–H groups in total. The van der Waals surface area contributed by atoms with Crippen LogP contribution in [-0.4, -0.2) is 49.7 Å². The fraction of sp³-hybridized carbons (Fsp3) is 0.500. The number of halogens is 2. The van der Waals surface area contributed by atoms with Crippen LogP contribution in [0.4, 0.5) is 0 Å². The van der Waals surface area contributed by atoms with Crippen LogP contribution < -0.4 is 0 Å². The summed E-state index contributed by atoms with van der Waals surface area (Å²) in [5.74, 6) is -0.0424. The van der Waals surface area contributed by atoms with Crippen LogP contribution in [0.2, 0.25) is 9.36 Å². The molecule has 1 aliphatic heterocycles. The van der Waals surface area contributed by atoms with Gasteiger partial charge in [0.15, 0.2) is 0 Å². The molecule has 2 heterocycles. The Morgan fingerprint density at radius 2 is 1.84 bits per heavy atom. The van der Waals surface area contributed by atoms with Crippen LogP contribution in [0.25, 0.3) is 0 Å². The summed E-state index contributed by atoms with van der Waals surface area (Å²) >= 11 is 12.5. The molecular formula is C10H12Cl2N2O3S2. The second-order valence-corrected chi connectivity index (χ2v) is 8.32. The maximum absolute atomic E-state index is 12.3. The van der Waals surface area contributed by atoms with Crippen LogP contribution in [0, 0.1) is 0 Å². The molecule has 1 saturated heterocycles. The van der Waals surface area contributed by atoms with E-state index in [0.717, 1.165) is 11.3 Å². The molecule has 1 fully saturated rings. The molecule has 1 amide bonds. The van der Waals surface area contributed by atoms with E-state index in [1.165, 1.54) is 17.3 Å². The summed E-state index contributed by atoms with van der Waals surface area (Å²) in [4.78, 5) is 12.8. The molecule has 0 saturated carbocycles. The molecule has 106 valence electrons. The van der Waals surface area contributed by atoms with Crippen molar-refractivity contribution in [2.45, 2.75) is 11.1 Å². The van der Waals surface area contributed by atoms with Crippen molar-refractivity contribution in [3.05, 3.63) is 15.4 Å². The first kappa shape index (κ1) is 15.1. The Morgan fingerprint density at radius 3 is 2.26 bits per heavy atom. The van der Waals surface area contributed by atoms with Gasteiger partial charge in [0.2, 0.25) is 5.91 Å². The first-order valence-corrected chi connectivity index (χ1v) is 8.54. The second kappa shape index (κ2) is 5.57. The van der Waals surface area contributed by atoms with Crippen LogP contribution in [0.15, 0.2) is 10.3 Å². The number of carbonyl (C=O) groups is 1. The van der Waals surface area contributed by atoms with Gasteiger partial charge < -0.3 is 4.90 Å². The third-order valence-electron chi connectivity index (χ3n) is 2.90. The van der Waals surface area contributed by atoms with Crippen molar-refractivity contribution in [2.75, 3.05) is 26.2 Å². The average Bonchev–Trinajstić information content (AvgIpc) is 2.70. The Morgan fingerprint density at radius 1 is 1.26 bits per heavy atom. The quantitative estimate of drug-likeness (QED) is 0.824. The fourth-order valence-electron chi connectivity index (χ4n) is 1.82. The number of hydrogen-bond donors (Lipinski definition) is 0. The maximum atomic E-state index is 12.3. The molecule has 9 heteroatoms. The van der Waals surface area contributed by atoms with Gasteiger partial charge in [-0.15, -0.1) is 11.3 Å². The highest BCUT2D eigenvalue weighted by Crippen LogP contribution is 2.35. The topological polar surface area (TPSA) is 57.7 Å². The van der Waals surface area contributed by atoms with Crippen molar-refractivity contribution >= 4 is 50.5 Å². The molecule has 19 heavy (non-hydrogen) atoms. The molecule has 1 aliphatic rings. The van der Waals surface area contributed by atoms with E-state index in [-0.39, 0.29) is 32.6 Å². The van der Waals surface area contributed by atoms with Crippen LogP contribution >= 0.6 is 34.5 Å². The molecule has 0 bridgehead atoms. The summed E-state index contributed by atoms with van der Waals surface area (Å²) < 4.78 is 26.4. The highest BCUT2D eigenvalue weighted by molar-refractivity contribution is 7.91. The Balaban J connectivity index is 2.16. The molecule has 0 aliphatic carbocycles. The van der Waals surface area contributed by atoms with Crippen molar-refractivity contribution < 1.29 is 13.2 Å². The number of thiophene rings is 1. The summed E-state index contributed by atoms with van der Waals surface area (Å²) in [6.07, 6.45) is 0. The lowest BCUT2D eigenvalue weighted by Gasteiger charge is -2.33. The molecule has 0 spiro atoms. The first-order chi connectivity index (χ1) is 8.82. The zero-order valence-corrected chi connectivity index (χ0v) is 13.2. The van der Waals surface area contributed by atoms with E-state index in [1.54, 1.807) is 4.90 Å². The van der Waals surface area contributed by atoms with Crippen molar-refractivity contribution in [1.82, 2.24) is 9.21 Å². The molecule has 5 nitrogen and oxygen atoms in total. The van der Waals surface area contributed by atoms with Gasteiger partial charge in [0, 0.05) is 33.1 Å². The maximum Gasteiger partial charge on any atom is 0.252 e. The van der Waals surface area contributed by atoms with E-state index in [0.29, 0.717) is 13.1 Å². The second-order valence-electron chi connectivity index (χ2n) is 4.10. The SMILES string of the molecule is CC(=O)N1CCN(S(=O)(=O)c2cc(Cl)c(Cl)s2)CC1. The zero-order chi connectivity index (χ0) is 14.2. The lowest BCUT2D eigenvalue weighted by atomic mass is 10.3. The molecule has 2 rings (SSSR count). The molecule has 1 aromatic rings. The van der Waals surface area contributed by atoms with Gasteiger partial charge in [-0.1, -0.05) is 23.2 Å². The Kier molecular flexibility index (Phi) is 4.42. The van der Waals surface area contributed by atoms with Gasteiger partial charge in [-0.2, -0.15) is 4.31 Å². The van der Waals surface area contributed by atoms with E-state index in [4.69, 9.17) is 23.2 Å². The highest BCUT2D eigenvalue weighted by Gasteiger charge is 2.30. The largest absolute Gasteiger partial charge is 0.340 e. The number of piperazine rings is 1. The van der Waals surface area contributed by atoms with Crippen molar-refractivity contribution in [2.24, 2.45) is 0 Å². The van der Waals surface area contributed by atoms with Crippen molar-refractivity contribution in [3.63, 3.8) is 0 Å². The first-order valence-electron chi connectivity index (χ1n) is 5.53. The molecule has 0 unspecified atom stereocenters. The number of hydrogen-bond acceptors (Lipinski definition) is 4. The van der Waals surface area contributed by atoms with Crippen LogP contribution in [0.3, 0.4) is 0 Å². The third-order valence-corrected chi connectivity index (χ3v) is 7.11. The number of sulfonamides is 1. The smallest absolute Gasteiger partial charge is 0.252 e. The minimum absolute atomic E-state index is 0.0424. The Labute approximate surface area is 125 Å². The summed E-state index contributed by atoms with van der Waals surface area (Å²) in [6.45, 7) is 2.86. The predicted octanol–water partition coefficient (Wildman–Crippen LogP) is 1.91. The van der Waals surface area contributed by atoms with E-state index in [2.05, 4.69) is 0 Å². The minimum atomic E-state index is -3.57. The van der Waals surface area contributed by atoms with E-state index >= 15 is 0 Å². The predicted molar refractivity (Wildman–Crippen MR) is 75.4 cm³/mol. The Hall–Kier alpha value is -0.340. The van der Waals surface area contributed by atoms with Gasteiger partial charge in [0.05, 0.1) is 5.02 Å². The number of rotatable bonds is 2. The van der Waals surface area contributed by atoms with Crippen LogP contribution in [0.5, 0.6) is 0 Å². The molecule has 0 radical (unpaired) electrons. The number of nitrogens with zero attached hydrogens (tertiary/aromatic N) is 2. The van der Waals surface area contributed by atoms with E-state index < -0.39 is 10.0 Å². The van der Waals surface area contributed by atoms with Crippen LogP contribution in [-0.2, 0) is 14.8 Å². The third kappa shape index (κ3) is 3.05. The van der Waals surface area contributed by atoms with Gasteiger partial charge in [0.25, 0.3) is 10.0 Å². The number of amides is 1. The highest BCUT2D eigenvalue weighted by atomic mass is 35.5.